The van der Waals surface area contributed by atoms with Crippen molar-refractivity contribution in [3.05, 3.63) is 89.8 Å². The molecule has 2 aromatic rings. The smallest absolute Gasteiger partial charge is 0.0817 e. The first-order valence-corrected chi connectivity index (χ1v) is 7.25. The molecular weight excluding hydrogens is 268 g/mol. The molecule has 1 heterocycles. The third-order valence-electron chi connectivity index (χ3n) is 2.99. The Hall–Kier alpha value is -2.74. The van der Waals surface area contributed by atoms with E-state index in [0.717, 1.165) is 22.4 Å². The molecule has 0 saturated heterocycles. The van der Waals surface area contributed by atoms with E-state index in [0.29, 0.717) is 6.54 Å². The monoisotopic (exact) mass is 288 g/mol. The largest absolute Gasteiger partial charge is 0.287 e. The Bertz CT molecular complexity index is 695. The number of nitrogens with zero attached hydrogens (tertiary/aromatic N) is 2. The minimum Gasteiger partial charge on any atom is -0.287 e. The summed E-state index contributed by atoms with van der Waals surface area (Å²) >= 11 is 0. The number of allylic oxidation sites excluding steroid dienone is 3. The highest BCUT2D eigenvalue weighted by Gasteiger charge is 1.97. The van der Waals surface area contributed by atoms with Crippen molar-refractivity contribution in [1.29, 1.82) is 0 Å². The molecular formula is C20H20N2. The van der Waals surface area contributed by atoms with Crippen LogP contribution in [-0.2, 0) is 6.54 Å². The van der Waals surface area contributed by atoms with Crippen LogP contribution in [0, 0.1) is 0 Å². The second-order valence-corrected chi connectivity index (χ2v) is 4.98. The van der Waals surface area contributed by atoms with E-state index in [1.54, 1.807) is 6.20 Å². The van der Waals surface area contributed by atoms with Crippen molar-refractivity contribution in [2.75, 3.05) is 0 Å². The van der Waals surface area contributed by atoms with Crippen molar-refractivity contribution in [3.8, 4) is 0 Å². The van der Waals surface area contributed by atoms with Crippen molar-refractivity contribution in [3.63, 3.8) is 0 Å². The minimum atomic E-state index is 0.565. The van der Waals surface area contributed by atoms with Crippen molar-refractivity contribution < 1.29 is 0 Å². The highest BCUT2D eigenvalue weighted by atomic mass is 14.8. The molecule has 22 heavy (non-hydrogen) atoms. The number of rotatable bonds is 6. The van der Waals surface area contributed by atoms with Gasteiger partial charge >= 0.3 is 0 Å². The van der Waals surface area contributed by atoms with Crippen molar-refractivity contribution in [2.24, 2.45) is 4.99 Å². The number of hydrogen-bond acceptors (Lipinski definition) is 2. The number of benzene rings is 1. The fourth-order valence-corrected chi connectivity index (χ4v) is 1.88. The van der Waals surface area contributed by atoms with Crippen molar-refractivity contribution in [2.45, 2.75) is 13.5 Å². The van der Waals surface area contributed by atoms with Gasteiger partial charge in [0.15, 0.2) is 0 Å². The molecule has 0 atom stereocenters. The zero-order valence-electron chi connectivity index (χ0n) is 12.8. The maximum atomic E-state index is 4.41. The van der Waals surface area contributed by atoms with Gasteiger partial charge in [-0.15, -0.1) is 0 Å². The molecule has 2 heteroatoms. The van der Waals surface area contributed by atoms with Gasteiger partial charge in [-0.3, -0.25) is 9.98 Å². The first-order chi connectivity index (χ1) is 10.8. The summed E-state index contributed by atoms with van der Waals surface area (Å²) in [5.41, 5.74) is 4.22. The second-order valence-electron chi connectivity index (χ2n) is 4.98. The standard InChI is InChI=1S/C20H20N2/c1-17(2)12-13-19-11-7-15-22-20(19)16-21-14-6-10-18-8-4-3-5-9-18/h3-15H,1,16H2,2H3/b10-6+,13-12-,21-14-. The van der Waals surface area contributed by atoms with Gasteiger partial charge in [-0.25, -0.2) is 0 Å². The van der Waals surface area contributed by atoms with Crippen LogP contribution < -0.4 is 0 Å². The molecule has 0 saturated carbocycles. The summed E-state index contributed by atoms with van der Waals surface area (Å²) in [5, 5.41) is 0. The van der Waals surface area contributed by atoms with E-state index < -0.39 is 0 Å². The molecule has 1 aromatic heterocycles. The topological polar surface area (TPSA) is 25.2 Å². The van der Waals surface area contributed by atoms with Crippen LogP contribution in [0.15, 0.2) is 78.0 Å². The average Bonchev–Trinajstić information content (AvgIpc) is 2.54. The Morgan fingerprint density at radius 3 is 2.73 bits per heavy atom. The highest BCUT2D eigenvalue weighted by Crippen LogP contribution is 2.10. The maximum absolute atomic E-state index is 4.41. The molecule has 0 N–H and O–H groups in total. The van der Waals surface area contributed by atoms with E-state index in [1.165, 1.54) is 0 Å². The highest BCUT2D eigenvalue weighted by molar-refractivity contribution is 5.78. The zero-order valence-corrected chi connectivity index (χ0v) is 12.8. The summed E-state index contributed by atoms with van der Waals surface area (Å²) in [6.07, 6.45) is 11.6. The Morgan fingerprint density at radius 1 is 1.14 bits per heavy atom. The number of hydrogen-bond donors (Lipinski definition) is 0. The van der Waals surface area contributed by atoms with Gasteiger partial charge in [0.25, 0.3) is 0 Å². The van der Waals surface area contributed by atoms with Gasteiger partial charge in [0.2, 0.25) is 0 Å². The lowest BCUT2D eigenvalue weighted by atomic mass is 10.1. The lowest BCUT2D eigenvalue weighted by Gasteiger charge is -2.01. The predicted molar refractivity (Wildman–Crippen MR) is 95.8 cm³/mol. The van der Waals surface area contributed by atoms with Crippen LogP contribution in [0.3, 0.4) is 0 Å². The zero-order chi connectivity index (χ0) is 15.6. The fraction of sp³-hybridized carbons (Fsp3) is 0.100. The number of aromatic nitrogens is 1. The Labute approximate surface area is 132 Å². The molecule has 0 fully saturated rings. The molecule has 2 rings (SSSR count). The van der Waals surface area contributed by atoms with Gasteiger partial charge in [-0.05, 0) is 30.2 Å². The Kier molecular flexibility index (Phi) is 6.06. The molecule has 1 aromatic carbocycles. The summed E-state index contributed by atoms with van der Waals surface area (Å²) in [6, 6.07) is 14.1. The summed E-state index contributed by atoms with van der Waals surface area (Å²) in [4.78, 5) is 8.81. The minimum absolute atomic E-state index is 0.565. The van der Waals surface area contributed by atoms with Gasteiger partial charge < -0.3 is 0 Å². The van der Waals surface area contributed by atoms with E-state index >= 15 is 0 Å². The average molecular weight is 288 g/mol. The fourth-order valence-electron chi connectivity index (χ4n) is 1.88. The van der Waals surface area contributed by atoms with Crippen LogP contribution in [0.4, 0.5) is 0 Å². The van der Waals surface area contributed by atoms with Crippen LogP contribution in [0.5, 0.6) is 0 Å². The molecule has 0 spiro atoms. The summed E-state index contributed by atoms with van der Waals surface area (Å²) in [6.45, 7) is 6.41. The Morgan fingerprint density at radius 2 is 1.95 bits per heavy atom. The predicted octanol–water partition coefficient (Wildman–Crippen LogP) is 4.96. The van der Waals surface area contributed by atoms with E-state index in [-0.39, 0.29) is 0 Å². The molecule has 0 aliphatic carbocycles. The molecule has 2 nitrogen and oxygen atoms in total. The maximum Gasteiger partial charge on any atom is 0.0817 e. The van der Waals surface area contributed by atoms with E-state index in [2.05, 4.69) is 28.7 Å². The van der Waals surface area contributed by atoms with Gasteiger partial charge in [-0.2, -0.15) is 0 Å². The van der Waals surface area contributed by atoms with Gasteiger partial charge in [0.1, 0.15) is 0 Å². The molecule has 0 aliphatic heterocycles. The van der Waals surface area contributed by atoms with Crippen molar-refractivity contribution >= 4 is 18.4 Å². The third-order valence-corrected chi connectivity index (χ3v) is 2.99. The summed E-state index contributed by atoms with van der Waals surface area (Å²) < 4.78 is 0. The van der Waals surface area contributed by atoms with Crippen LogP contribution in [0.2, 0.25) is 0 Å². The van der Waals surface area contributed by atoms with Gasteiger partial charge in [-0.1, -0.05) is 66.8 Å². The molecule has 0 radical (unpaired) electrons. The quantitative estimate of drug-likeness (QED) is 0.545. The van der Waals surface area contributed by atoms with Crippen LogP contribution in [0.25, 0.3) is 12.2 Å². The van der Waals surface area contributed by atoms with Gasteiger partial charge in [0.05, 0.1) is 12.2 Å². The molecule has 0 unspecified atom stereocenters. The first-order valence-electron chi connectivity index (χ1n) is 7.25. The molecule has 0 bridgehead atoms. The first kappa shape index (κ1) is 15.6. The van der Waals surface area contributed by atoms with E-state index in [4.69, 9.17) is 0 Å². The molecule has 110 valence electrons. The van der Waals surface area contributed by atoms with Crippen LogP contribution in [-0.4, -0.2) is 11.2 Å². The number of pyridine rings is 1. The van der Waals surface area contributed by atoms with Crippen LogP contribution >= 0.6 is 0 Å². The van der Waals surface area contributed by atoms with E-state index in [9.17, 15) is 0 Å². The molecule has 0 amide bonds. The normalized spacial score (nSPS) is 11.7. The summed E-state index contributed by atoms with van der Waals surface area (Å²) in [5.74, 6) is 0. The van der Waals surface area contributed by atoms with Gasteiger partial charge in [0, 0.05) is 12.4 Å². The third kappa shape index (κ3) is 5.33. The number of aliphatic imine (C=N–C) groups is 1. The van der Waals surface area contributed by atoms with E-state index in [1.807, 2.05) is 67.8 Å². The second kappa shape index (κ2) is 8.53. The lowest BCUT2D eigenvalue weighted by molar-refractivity contribution is 0.990. The molecule has 0 aliphatic rings. The lowest BCUT2D eigenvalue weighted by Crippen LogP contribution is -1.91. The van der Waals surface area contributed by atoms with Crippen molar-refractivity contribution in [1.82, 2.24) is 4.98 Å². The SMILES string of the molecule is C=C(C)/C=C\c1cccnc1C/N=C\C=C\c1ccccc1. The Balaban J connectivity index is 1.98. The van der Waals surface area contributed by atoms with Crippen LogP contribution in [0.1, 0.15) is 23.7 Å². The summed E-state index contributed by atoms with van der Waals surface area (Å²) in [7, 11) is 0.